The van der Waals surface area contributed by atoms with Crippen LogP contribution in [0.4, 0.5) is 10.6 Å². The second-order valence-corrected chi connectivity index (χ2v) is 7.03. The number of anilines is 1. The summed E-state index contributed by atoms with van der Waals surface area (Å²) >= 11 is 0. The highest BCUT2D eigenvalue weighted by atomic mass is 16.6. The minimum Gasteiger partial charge on any atom is -0.450 e. The van der Waals surface area contributed by atoms with Crippen molar-refractivity contribution in [3.8, 4) is 6.07 Å². The van der Waals surface area contributed by atoms with E-state index < -0.39 is 0 Å². The molecule has 1 fully saturated rings. The zero-order chi connectivity index (χ0) is 18.8. The van der Waals surface area contributed by atoms with Crippen molar-refractivity contribution in [1.29, 1.82) is 5.26 Å². The molecule has 0 aromatic carbocycles. The minimum atomic E-state index is -0.292. The van der Waals surface area contributed by atoms with Gasteiger partial charge in [0, 0.05) is 37.1 Å². The number of fused-ring (bicyclic) bond motifs is 2. The van der Waals surface area contributed by atoms with Gasteiger partial charge in [-0.05, 0) is 43.9 Å². The van der Waals surface area contributed by atoms with Gasteiger partial charge in [0.05, 0.1) is 18.7 Å². The molecule has 1 amide bonds. The Bertz CT molecular complexity index is 915. The van der Waals surface area contributed by atoms with E-state index >= 15 is 0 Å². The molecule has 4 rings (SSSR count). The average Bonchev–Trinajstić information content (AvgIpc) is 2.71. The number of rotatable bonds is 2. The number of carbonyl (C=O) groups excluding carboxylic acids is 1. The summed E-state index contributed by atoms with van der Waals surface area (Å²) in [4.78, 5) is 25.4. The van der Waals surface area contributed by atoms with Crippen molar-refractivity contribution in [3.05, 3.63) is 29.0 Å². The van der Waals surface area contributed by atoms with Crippen LogP contribution in [0.15, 0.2) is 12.1 Å². The zero-order valence-electron chi connectivity index (χ0n) is 15.6. The molecule has 140 valence electrons. The third-order valence-corrected chi connectivity index (χ3v) is 5.23. The molecule has 0 radical (unpaired) electrons. The molecule has 2 aliphatic heterocycles. The summed E-state index contributed by atoms with van der Waals surface area (Å²) in [7, 11) is 0. The molecule has 7 heteroatoms. The number of aromatic nitrogens is 2. The first-order chi connectivity index (χ1) is 13.2. The van der Waals surface area contributed by atoms with Crippen LogP contribution in [0.25, 0.3) is 11.0 Å². The smallest absolute Gasteiger partial charge is 0.410 e. The highest BCUT2D eigenvalue weighted by Crippen LogP contribution is 2.28. The van der Waals surface area contributed by atoms with Crippen molar-refractivity contribution in [1.82, 2.24) is 14.9 Å². The van der Waals surface area contributed by atoms with Crippen LogP contribution in [0.3, 0.4) is 0 Å². The monoisotopic (exact) mass is 365 g/mol. The minimum absolute atomic E-state index is 0.292. The van der Waals surface area contributed by atoms with Gasteiger partial charge in [-0.15, -0.1) is 0 Å². The molecule has 7 nitrogen and oxygen atoms in total. The van der Waals surface area contributed by atoms with Crippen molar-refractivity contribution in [2.45, 2.75) is 39.2 Å². The zero-order valence-corrected chi connectivity index (χ0v) is 15.6. The molecule has 2 aliphatic rings. The van der Waals surface area contributed by atoms with E-state index in [1.807, 2.05) is 12.1 Å². The van der Waals surface area contributed by atoms with E-state index in [2.05, 4.69) is 11.0 Å². The van der Waals surface area contributed by atoms with Crippen molar-refractivity contribution >= 4 is 22.9 Å². The third kappa shape index (κ3) is 3.39. The van der Waals surface area contributed by atoms with Gasteiger partial charge in [-0.2, -0.15) is 5.26 Å². The number of ether oxygens (including phenoxy) is 1. The number of nitriles is 1. The first-order valence-electron chi connectivity index (χ1n) is 9.60. The predicted molar refractivity (Wildman–Crippen MR) is 101 cm³/mol. The first kappa shape index (κ1) is 17.5. The van der Waals surface area contributed by atoms with Gasteiger partial charge in [-0.25, -0.2) is 14.8 Å². The summed E-state index contributed by atoms with van der Waals surface area (Å²) in [5.41, 5.74) is 3.24. The Balaban J connectivity index is 1.69. The summed E-state index contributed by atoms with van der Waals surface area (Å²) in [6.45, 7) is 5.12. The molecule has 0 saturated carbocycles. The van der Waals surface area contributed by atoms with E-state index in [-0.39, 0.29) is 6.09 Å². The molecule has 1 saturated heterocycles. The van der Waals surface area contributed by atoms with Crippen LogP contribution in [-0.2, 0) is 17.7 Å². The Labute approximate surface area is 158 Å². The van der Waals surface area contributed by atoms with Crippen LogP contribution in [0, 0.1) is 11.3 Å². The number of amides is 1. The van der Waals surface area contributed by atoms with Crippen molar-refractivity contribution in [2.24, 2.45) is 0 Å². The number of pyridine rings is 2. The number of hydrogen-bond acceptors (Lipinski definition) is 6. The Kier molecular flexibility index (Phi) is 4.80. The van der Waals surface area contributed by atoms with Gasteiger partial charge in [0.15, 0.2) is 5.65 Å². The lowest BCUT2D eigenvalue weighted by Crippen LogP contribution is -2.36. The Hall–Kier alpha value is -2.88. The largest absolute Gasteiger partial charge is 0.450 e. The first-order valence-corrected chi connectivity index (χ1v) is 9.60. The van der Waals surface area contributed by atoms with E-state index in [1.54, 1.807) is 11.8 Å². The molecule has 0 bridgehead atoms. The highest BCUT2D eigenvalue weighted by Gasteiger charge is 2.24. The van der Waals surface area contributed by atoms with Crippen molar-refractivity contribution < 1.29 is 9.53 Å². The summed E-state index contributed by atoms with van der Waals surface area (Å²) in [5.74, 6) is 0.751. The maximum atomic E-state index is 12.0. The summed E-state index contributed by atoms with van der Waals surface area (Å²) in [5, 5.41) is 10.5. The fourth-order valence-corrected chi connectivity index (χ4v) is 3.85. The fourth-order valence-electron chi connectivity index (χ4n) is 3.85. The van der Waals surface area contributed by atoms with Gasteiger partial charge < -0.3 is 14.5 Å². The van der Waals surface area contributed by atoms with Crippen LogP contribution in [-0.4, -0.2) is 47.2 Å². The van der Waals surface area contributed by atoms with E-state index in [0.717, 1.165) is 48.4 Å². The fraction of sp³-hybridized carbons (Fsp3) is 0.500. The summed E-state index contributed by atoms with van der Waals surface area (Å²) in [6, 6.07) is 6.18. The van der Waals surface area contributed by atoms with Crippen LogP contribution in [0.5, 0.6) is 0 Å². The Morgan fingerprint density at radius 3 is 2.78 bits per heavy atom. The molecule has 0 N–H and O–H groups in total. The lowest BCUT2D eigenvalue weighted by Gasteiger charge is -2.29. The summed E-state index contributed by atoms with van der Waals surface area (Å²) in [6.07, 6.45) is 3.89. The van der Waals surface area contributed by atoms with Gasteiger partial charge in [0.2, 0.25) is 0 Å². The van der Waals surface area contributed by atoms with Crippen molar-refractivity contribution in [2.75, 3.05) is 31.1 Å². The molecule has 0 spiro atoms. The van der Waals surface area contributed by atoms with E-state index in [0.29, 0.717) is 37.3 Å². The third-order valence-electron chi connectivity index (χ3n) is 5.23. The standard InChI is InChI=1S/C20H23N5O2/c1-2-27-20(26)25-9-6-17-16(13-25)11-14-10-15(12-21)19(23-18(14)22-17)24-7-4-3-5-8-24/h10-11H,2-9,13H2,1H3. The number of nitrogens with zero attached hydrogens (tertiary/aromatic N) is 5. The lowest BCUT2D eigenvalue weighted by molar-refractivity contribution is 0.102. The van der Waals surface area contributed by atoms with E-state index in [4.69, 9.17) is 14.7 Å². The molecule has 0 atom stereocenters. The lowest BCUT2D eigenvalue weighted by atomic mass is 10.0. The van der Waals surface area contributed by atoms with Gasteiger partial charge in [-0.3, -0.25) is 0 Å². The normalized spacial score (nSPS) is 16.7. The van der Waals surface area contributed by atoms with Crippen LogP contribution in [0.2, 0.25) is 0 Å². The van der Waals surface area contributed by atoms with E-state index in [9.17, 15) is 10.1 Å². The Morgan fingerprint density at radius 1 is 1.22 bits per heavy atom. The molecule has 4 heterocycles. The van der Waals surface area contributed by atoms with Gasteiger partial charge in [0.25, 0.3) is 0 Å². The van der Waals surface area contributed by atoms with Crippen LogP contribution >= 0.6 is 0 Å². The van der Waals surface area contributed by atoms with E-state index in [1.165, 1.54) is 6.42 Å². The quantitative estimate of drug-likeness (QED) is 0.814. The van der Waals surface area contributed by atoms with Crippen LogP contribution < -0.4 is 4.90 Å². The van der Waals surface area contributed by atoms with Crippen LogP contribution in [0.1, 0.15) is 43.0 Å². The topological polar surface area (TPSA) is 82.3 Å². The molecular weight excluding hydrogens is 342 g/mol. The summed E-state index contributed by atoms with van der Waals surface area (Å²) < 4.78 is 5.11. The molecule has 0 aliphatic carbocycles. The molecule has 0 unspecified atom stereocenters. The van der Waals surface area contributed by atoms with Gasteiger partial charge in [-0.1, -0.05) is 0 Å². The number of carbonyl (C=O) groups is 1. The van der Waals surface area contributed by atoms with Gasteiger partial charge >= 0.3 is 6.09 Å². The highest BCUT2D eigenvalue weighted by molar-refractivity contribution is 5.81. The molecule has 27 heavy (non-hydrogen) atoms. The molecular formula is C20H23N5O2. The second kappa shape index (κ2) is 7.39. The SMILES string of the molecule is CCOC(=O)N1CCc2nc3nc(N4CCCCC4)c(C#N)cc3cc2C1. The maximum Gasteiger partial charge on any atom is 0.410 e. The van der Waals surface area contributed by atoms with Gasteiger partial charge in [0.1, 0.15) is 11.9 Å². The predicted octanol–water partition coefficient (Wildman–Crippen LogP) is 3.01. The van der Waals surface area contributed by atoms with Crippen molar-refractivity contribution in [3.63, 3.8) is 0 Å². The second-order valence-electron chi connectivity index (χ2n) is 7.03. The number of piperidine rings is 1. The maximum absolute atomic E-state index is 12.0. The molecule has 2 aromatic heterocycles. The molecule has 2 aromatic rings. The average molecular weight is 365 g/mol. The number of hydrogen-bond donors (Lipinski definition) is 0. The Morgan fingerprint density at radius 2 is 2.04 bits per heavy atom.